The summed E-state index contributed by atoms with van der Waals surface area (Å²) in [7, 11) is 0. The van der Waals surface area contributed by atoms with Crippen molar-refractivity contribution in [3.63, 3.8) is 0 Å². The fraction of sp³-hybridized carbons (Fsp3) is 0. The number of hydrogen-bond acceptors (Lipinski definition) is 6. The van der Waals surface area contributed by atoms with E-state index in [-0.39, 0.29) is 0 Å². The average molecular weight is 693 g/mol. The van der Waals surface area contributed by atoms with Crippen LogP contribution in [0.5, 0.6) is 0 Å². The molecule has 0 atom stereocenters. The third-order valence-corrected chi connectivity index (χ3v) is 9.26. The molecule has 3 heterocycles. The summed E-state index contributed by atoms with van der Waals surface area (Å²) in [4.78, 5) is 29.0. The topological polar surface area (TPSA) is 77.3 Å². The van der Waals surface area contributed by atoms with E-state index in [2.05, 4.69) is 83.8 Å². The highest BCUT2D eigenvalue weighted by Gasteiger charge is 2.14. The van der Waals surface area contributed by atoms with Crippen LogP contribution in [0.15, 0.2) is 194 Å². The van der Waals surface area contributed by atoms with E-state index in [0.717, 1.165) is 67.0 Å². The van der Waals surface area contributed by atoms with Crippen molar-refractivity contribution < 1.29 is 0 Å². The Kier molecular flexibility index (Phi) is 8.81. The van der Waals surface area contributed by atoms with Gasteiger partial charge in [-0.25, -0.2) is 24.9 Å². The highest BCUT2D eigenvalue weighted by atomic mass is 15.0. The lowest BCUT2D eigenvalue weighted by atomic mass is 9.99. The second-order valence-corrected chi connectivity index (χ2v) is 12.8. The average Bonchev–Trinajstić information content (AvgIpc) is 3.27. The van der Waals surface area contributed by atoms with Crippen LogP contribution in [0.4, 0.5) is 0 Å². The maximum atomic E-state index is 5.09. The molecule has 0 aliphatic rings. The van der Waals surface area contributed by atoms with Crippen LogP contribution in [0.3, 0.4) is 0 Å². The molecule has 0 saturated carbocycles. The zero-order valence-corrected chi connectivity index (χ0v) is 29.2. The zero-order chi connectivity index (χ0) is 36.1. The molecule has 3 aromatic heterocycles. The number of aromatic nitrogens is 6. The molecule has 6 aromatic carbocycles. The Hall–Kier alpha value is -7.44. The van der Waals surface area contributed by atoms with E-state index >= 15 is 0 Å². The van der Waals surface area contributed by atoms with E-state index in [1.165, 1.54) is 0 Å². The summed E-state index contributed by atoms with van der Waals surface area (Å²) in [5.74, 6) is 2.58. The Labute approximate surface area is 313 Å². The molecular weight excluding hydrogens is 661 g/mol. The molecule has 0 amide bonds. The minimum absolute atomic E-state index is 0.623. The lowest BCUT2D eigenvalue weighted by molar-refractivity contribution is 1.07. The van der Waals surface area contributed by atoms with Crippen molar-refractivity contribution in [3.8, 4) is 90.3 Å². The van der Waals surface area contributed by atoms with Gasteiger partial charge in [0.05, 0.1) is 11.4 Å². The smallest absolute Gasteiger partial charge is 0.164 e. The second kappa shape index (κ2) is 14.7. The molecule has 0 spiro atoms. The van der Waals surface area contributed by atoms with Gasteiger partial charge < -0.3 is 0 Å². The van der Waals surface area contributed by atoms with Crippen LogP contribution in [0.25, 0.3) is 90.3 Å². The summed E-state index contributed by atoms with van der Waals surface area (Å²) < 4.78 is 0. The van der Waals surface area contributed by atoms with Gasteiger partial charge in [0, 0.05) is 45.8 Å². The lowest BCUT2D eigenvalue weighted by Crippen LogP contribution is -2.00. The second-order valence-electron chi connectivity index (χ2n) is 12.8. The van der Waals surface area contributed by atoms with E-state index in [4.69, 9.17) is 24.9 Å². The van der Waals surface area contributed by atoms with Crippen molar-refractivity contribution in [2.75, 3.05) is 0 Å². The van der Waals surface area contributed by atoms with Crippen LogP contribution in [0, 0.1) is 0 Å². The first kappa shape index (κ1) is 32.5. The first-order valence-electron chi connectivity index (χ1n) is 17.8. The monoisotopic (exact) mass is 692 g/mol. The van der Waals surface area contributed by atoms with Gasteiger partial charge in [-0.3, -0.25) is 4.98 Å². The molecule has 0 unspecified atom stereocenters. The van der Waals surface area contributed by atoms with E-state index in [1.54, 1.807) is 0 Å². The number of benzene rings is 6. The number of nitrogens with zero attached hydrogens (tertiary/aromatic N) is 6. The van der Waals surface area contributed by atoms with Crippen LogP contribution in [-0.4, -0.2) is 29.9 Å². The molecule has 54 heavy (non-hydrogen) atoms. The van der Waals surface area contributed by atoms with Crippen molar-refractivity contribution in [3.05, 3.63) is 194 Å². The quantitative estimate of drug-likeness (QED) is 0.158. The molecule has 0 bridgehead atoms. The van der Waals surface area contributed by atoms with E-state index in [0.29, 0.717) is 23.3 Å². The van der Waals surface area contributed by atoms with Crippen LogP contribution >= 0.6 is 0 Å². The standard InChI is InChI=1S/C48H32N6/c1-4-12-35(13-5-1)45-50-43(32-44(51-45)42-21-11-19-40(31-42)34-26-28-49-29-27-34)41-20-10-18-39(30-41)33-22-24-38(25-23-33)48-53-46(36-14-6-2-7-15-36)52-47(54-48)37-16-8-3-9-17-37/h1-32H. The number of hydrogen-bond donors (Lipinski definition) is 0. The summed E-state index contributed by atoms with van der Waals surface area (Å²) in [6, 6.07) is 61.6. The van der Waals surface area contributed by atoms with Crippen molar-refractivity contribution >= 4 is 0 Å². The first-order valence-corrected chi connectivity index (χ1v) is 17.8. The van der Waals surface area contributed by atoms with Gasteiger partial charge in [-0.15, -0.1) is 0 Å². The zero-order valence-electron chi connectivity index (χ0n) is 29.2. The van der Waals surface area contributed by atoms with E-state index in [1.807, 2.05) is 116 Å². The summed E-state index contributed by atoms with van der Waals surface area (Å²) in [5, 5.41) is 0. The van der Waals surface area contributed by atoms with Crippen LogP contribution < -0.4 is 0 Å². The molecule has 0 saturated heterocycles. The van der Waals surface area contributed by atoms with Gasteiger partial charge in [0.2, 0.25) is 0 Å². The Morgan fingerprint density at radius 2 is 0.556 bits per heavy atom. The highest BCUT2D eigenvalue weighted by Crippen LogP contribution is 2.33. The summed E-state index contributed by atoms with van der Waals surface area (Å²) in [6.45, 7) is 0. The highest BCUT2D eigenvalue weighted by molar-refractivity contribution is 5.78. The van der Waals surface area contributed by atoms with Gasteiger partial charge in [-0.05, 0) is 52.6 Å². The third kappa shape index (κ3) is 6.92. The van der Waals surface area contributed by atoms with Gasteiger partial charge >= 0.3 is 0 Å². The molecule has 9 rings (SSSR count). The molecular formula is C48H32N6. The first-order chi connectivity index (χ1) is 26.7. The van der Waals surface area contributed by atoms with Crippen LogP contribution in [0.1, 0.15) is 0 Å². The van der Waals surface area contributed by atoms with Gasteiger partial charge in [0.25, 0.3) is 0 Å². The Balaban J connectivity index is 1.08. The molecule has 6 heteroatoms. The Bertz CT molecular complexity index is 2630. The van der Waals surface area contributed by atoms with Crippen molar-refractivity contribution in [2.24, 2.45) is 0 Å². The molecule has 0 aliphatic heterocycles. The normalized spacial score (nSPS) is 11.0. The predicted molar refractivity (Wildman–Crippen MR) is 217 cm³/mol. The molecule has 0 radical (unpaired) electrons. The minimum Gasteiger partial charge on any atom is -0.265 e. The Morgan fingerprint density at radius 3 is 1.00 bits per heavy atom. The number of pyridine rings is 1. The van der Waals surface area contributed by atoms with Crippen molar-refractivity contribution in [2.45, 2.75) is 0 Å². The maximum Gasteiger partial charge on any atom is 0.164 e. The van der Waals surface area contributed by atoms with Crippen LogP contribution in [0.2, 0.25) is 0 Å². The van der Waals surface area contributed by atoms with Gasteiger partial charge in [-0.2, -0.15) is 0 Å². The van der Waals surface area contributed by atoms with Gasteiger partial charge in [-0.1, -0.05) is 152 Å². The summed E-state index contributed by atoms with van der Waals surface area (Å²) in [6.07, 6.45) is 3.63. The molecule has 254 valence electrons. The molecule has 0 N–H and O–H groups in total. The lowest BCUT2D eigenvalue weighted by Gasteiger charge is -2.12. The number of rotatable bonds is 8. The van der Waals surface area contributed by atoms with Gasteiger partial charge in [0.15, 0.2) is 23.3 Å². The van der Waals surface area contributed by atoms with Crippen molar-refractivity contribution in [1.29, 1.82) is 0 Å². The Morgan fingerprint density at radius 1 is 0.222 bits per heavy atom. The molecule has 0 aliphatic carbocycles. The predicted octanol–water partition coefficient (Wildman–Crippen LogP) is 11.4. The summed E-state index contributed by atoms with van der Waals surface area (Å²) in [5.41, 5.74) is 11.8. The van der Waals surface area contributed by atoms with E-state index in [9.17, 15) is 0 Å². The fourth-order valence-corrected chi connectivity index (χ4v) is 6.47. The SMILES string of the molecule is c1ccc(-c2nc(-c3cccc(-c4ccncc4)c3)cc(-c3cccc(-c4ccc(-c5nc(-c6ccccc6)nc(-c6ccccc6)n5)cc4)c3)n2)cc1. The summed E-state index contributed by atoms with van der Waals surface area (Å²) >= 11 is 0. The van der Waals surface area contributed by atoms with Gasteiger partial charge in [0.1, 0.15) is 0 Å². The van der Waals surface area contributed by atoms with Crippen LogP contribution in [-0.2, 0) is 0 Å². The van der Waals surface area contributed by atoms with E-state index < -0.39 is 0 Å². The largest absolute Gasteiger partial charge is 0.265 e. The molecule has 6 nitrogen and oxygen atoms in total. The third-order valence-electron chi connectivity index (χ3n) is 9.26. The maximum absolute atomic E-state index is 5.09. The molecule has 9 aromatic rings. The fourth-order valence-electron chi connectivity index (χ4n) is 6.47. The minimum atomic E-state index is 0.623. The van der Waals surface area contributed by atoms with Crippen molar-refractivity contribution in [1.82, 2.24) is 29.9 Å². The molecule has 0 fully saturated rings.